The lowest BCUT2D eigenvalue weighted by molar-refractivity contribution is -0.112. The van der Waals surface area contributed by atoms with Gasteiger partial charge < -0.3 is 10.1 Å². The number of carbonyl (C=O) groups excluding carboxylic acids is 2. The number of aryl methyl sites for hydroxylation is 1. The van der Waals surface area contributed by atoms with Crippen molar-refractivity contribution in [3.8, 4) is 6.07 Å². The first-order valence-corrected chi connectivity index (χ1v) is 6.92. The molecule has 0 unspecified atom stereocenters. The predicted octanol–water partition coefficient (Wildman–Crippen LogP) is 2.95. The van der Waals surface area contributed by atoms with E-state index in [1.165, 1.54) is 17.4 Å². The molecule has 0 aliphatic heterocycles. The summed E-state index contributed by atoms with van der Waals surface area (Å²) >= 11 is 1.29. The lowest BCUT2D eigenvalue weighted by Crippen LogP contribution is -2.15. The summed E-state index contributed by atoms with van der Waals surface area (Å²) in [6, 6.07) is 1.80. The van der Waals surface area contributed by atoms with Gasteiger partial charge in [-0.3, -0.25) is 4.79 Å². The number of ether oxygens (including phenoxy) is 1. The number of amides is 1. The molecule has 0 radical (unpaired) electrons. The van der Waals surface area contributed by atoms with Crippen LogP contribution in [0.15, 0.2) is 11.6 Å². The summed E-state index contributed by atoms with van der Waals surface area (Å²) in [4.78, 5) is 24.7. The Labute approximate surface area is 121 Å². The van der Waals surface area contributed by atoms with Gasteiger partial charge >= 0.3 is 5.97 Å². The molecule has 1 N–H and O–H groups in total. The van der Waals surface area contributed by atoms with Crippen LogP contribution in [0.3, 0.4) is 0 Å². The van der Waals surface area contributed by atoms with E-state index in [1.54, 1.807) is 26.8 Å². The topological polar surface area (TPSA) is 79.2 Å². The van der Waals surface area contributed by atoms with Crippen molar-refractivity contribution in [2.45, 2.75) is 27.7 Å². The highest BCUT2D eigenvalue weighted by Gasteiger charge is 2.22. The van der Waals surface area contributed by atoms with Gasteiger partial charge in [-0.1, -0.05) is 6.08 Å². The lowest BCUT2D eigenvalue weighted by Gasteiger charge is -2.06. The van der Waals surface area contributed by atoms with Crippen LogP contribution < -0.4 is 5.32 Å². The van der Waals surface area contributed by atoms with Crippen molar-refractivity contribution in [2.75, 3.05) is 11.9 Å². The number of esters is 1. The third-order valence-corrected chi connectivity index (χ3v) is 3.87. The number of carbonyl (C=O) groups is 2. The van der Waals surface area contributed by atoms with Crippen molar-refractivity contribution in [3.05, 3.63) is 27.7 Å². The zero-order chi connectivity index (χ0) is 15.3. The smallest absolute Gasteiger partial charge is 0.341 e. The van der Waals surface area contributed by atoms with Gasteiger partial charge in [0.1, 0.15) is 16.6 Å². The molecule has 0 aliphatic rings. The predicted molar refractivity (Wildman–Crippen MR) is 77.7 cm³/mol. The first-order valence-electron chi connectivity index (χ1n) is 6.11. The molecule has 106 valence electrons. The molecule has 5 nitrogen and oxygen atoms in total. The summed E-state index contributed by atoms with van der Waals surface area (Å²) in [7, 11) is 0. The Morgan fingerprint density at radius 1 is 1.45 bits per heavy atom. The molecule has 0 saturated carbocycles. The van der Waals surface area contributed by atoms with E-state index in [4.69, 9.17) is 10.00 Å². The van der Waals surface area contributed by atoms with E-state index in [2.05, 4.69) is 5.32 Å². The van der Waals surface area contributed by atoms with Gasteiger partial charge in [0.15, 0.2) is 0 Å². The van der Waals surface area contributed by atoms with Crippen molar-refractivity contribution in [3.63, 3.8) is 0 Å². The Hall–Kier alpha value is -2.13. The fraction of sp³-hybridized carbons (Fsp3) is 0.357. The van der Waals surface area contributed by atoms with Gasteiger partial charge in [-0.15, -0.1) is 11.3 Å². The van der Waals surface area contributed by atoms with E-state index < -0.39 is 11.9 Å². The Balaban J connectivity index is 3.14. The van der Waals surface area contributed by atoms with Crippen LogP contribution in [0.1, 0.15) is 34.6 Å². The van der Waals surface area contributed by atoms with Crippen LogP contribution >= 0.6 is 11.3 Å². The zero-order valence-electron chi connectivity index (χ0n) is 11.9. The molecule has 0 aliphatic carbocycles. The van der Waals surface area contributed by atoms with Gasteiger partial charge in [0.2, 0.25) is 0 Å². The minimum Gasteiger partial charge on any atom is -0.462 e. The fourth-order valence-electron chi connectivity index (χ4n) is 1.58. The number of rotatable bonds is 4. The molecule has 0 bridgehead atoms. The van der Waals surface area contributed by atoms with Crippen LogP contribution in [-0.2, 0) is 9.53 Å². The average molecular weight is 292 g/mol. The summed E-state index contributed by atoms with van der Waals surface area (Å²) in [6.45, 7) is 7.25. The SMILES string of the molecule is C/C=C(\C#N)C(=O)Nc1sc(C)c(C)c1C(=O)OCC. The van der Waals surface area contributed by atoms with Gasteiger partial charge in [-0.25, -0.2) is 4.79 Å². The Bertz CT molecular complexity index is 609. The van der Waals surface area contributed by atoms with E-state index in [0.717, 1.165) is 10.4 Å². The van der Waals surface area contributed by atoms with Crippen LogP contribution in [0.2, 0.25) is 0 Å². The molecular weight excluding hydrogens is 276 g/mol. The highest BCUT2D eigenvalue weighted by atomic mass is 32.1. The molecule has 0 aromatic carbocycles. The summed E-state index contributed by atoms with van der Waals surface area (Å²) in [5, 5.41) is 11.8. The van der Waals surface area contributed by atoms with Crippen LogP contribution in [0.25, 0.3) is 0 Å². The van der Waals surface area contributed by atoms with Gasteiger partial charge in [-0.2, -0.15) is 5.26 Å². The second kappa shape index (κ2) is 6.87. The zero-order valence-corrected chi connectivity index (χ0v) is 12.7. The van der Waals surface area contributed by atoms with Gasteiger partial charge in [-0.05, 0) is 33.3 Å². The number of nitrogens with zero attached hydrogens (tertiary/aromatic N) is 1. The first kappa shape index (κ1) is 15.9. The highest BCUT2D eigenvalue weighted by molar-refractivity contribution is 7.16. The van der Waals surface area contributed by atoms with Crippen molar-refractivity contribution in [1.82, 2.24) is 0 Å². The van der Waals surface area contributed by atoms with Gasteiger partial charge in [0, 0.05) is 4.88 Å². The molecule has 1 heterocycles. The number of hydrogen-bond donors (Lipinski definition) is 1. The van der Waals surface area contributed by atoms with Crippen molar-refractivity contribution in [1.29, 1.82) is 5.26 Å². The molecular formula is C14H16N2O3S. The maximum atomic E-state index is 11.9. The second-order valence-electron chi connectivity index (χ2n) is 3.98. The molecule has 1 aromatic heterocycles. The minimum absolute atomic E-state index is 0.00325. The molecule has 0 spiro atoms. The Morgan fingerprint density at radius 3 is 2.60 bits per heavy atom. The van der Waals surface area contributed by atoms with Gasteiger partial charge in [0.05, 0.1) is 12.2 Å². The summed E-state index contributed by atoms with van der Waals surface area (Å²) in [5.41, 5.74) is 1.14. The van der Waals surface area contributed by atoms with Crippen LogP contribution in [0, 0.1) is 25.2 Å². The molecule has 6 heteroatoms. The van der Waals surface area contributed by atoms with Gasteiger partial charge in [0.25, 0.3) is 5.91 Å². The number of anilines is 1. The van der Waals surface area contributed by atoms with E-state index in [-0.39, 0.29) is 12.2 Å². The maximum Gasteiger partial charge on any atom is 0.341 e. The minimum atomic E-state index is -0.526. The largest absolute Gasteiger partial charge is 0.462 e. The number of thiophene rings is 1. The Kier molecular flexibility index (Phi) is 5.47. The molecule has 1 aromatic rings. The quantitative estimate of drug-likeness (QED) is 0.525. The lowest BCUT2D eigenvalue weighted by atomic mass is 10.1. The standard InChI is InChI=1S/C14H16N2O3S/c1-5-10(7-15)12(17)16-13-11(14(18)19-6-2)8(3)9(4)20-13/h5H,6H2,1-4H3,(H,16,17)/b10-5+. The number of hydrogen-bond acceptors (Lipinski definition) is 5. The van der Waals surface area contributed by atoms with E-state index >= 15 is 0 Å². The number of allylic oxidation sites excluding steroid dienone is 1. The van der Waals surface area contributed by atoms with Crippen molar-refractivity contribution < 1.29 is 14.3 Å². The van der Waals surface area contributed by atoms with E-state index in [0.29, 0.717) is 10.6 Å². The second-order valence-corrected chi connectivity index (χ2v) is 5.20. The third-order valence-electron chi connectivity index (χ3n) is 2.75. The summed E-state index contributed by atoms with van der Waals surface area (Å²) in [6.07, 6.45) is 1.42. The average Bonchev–Trinajstić information content (AvgIpc) is 2.66. The first-order chi connectivity index (χ1) is 9.46. The normalized spacial score (nSPS) is 10.8. The fourth-order valence-corrected chi connectivity index (χ4v) is 2.62. The molecule has 0 saturated heterocycles. The van der Waals surface area contributed by atoms with E-state index in [9.17, 15) is 9.59 Å². The highest BCUT2D eigenvalue weighted by Crippen LogP contribution is 2.33. The van der Waals surface area contributed by atoms with Crippen LogP contribution in [0.4, 0.5) is 5.00 Å². The third kappa shape index (κ3) is 3.25. The van der Waals surface area contributed by atoms with Crippen LogP contribution in [-0.4, -0.2) is 18.5 Å². The molecule has 20 heavy (non-hydrogen) atoms. The number of nitriles is 1. The monoisotopic (exact) mass is 292 g/mol. The Morgan fingerprint density at radius 2 is 2.10 bits per heavy atom. The summed E-state index contributed by atoms with van der Waals surface area (Å²) in [5.74, 6) is -0.995. The number of nitrogens with one attached hydrogen (secondary N) is 1. The summed E-state index contributed by atoms with van der Waals surface area (Å²) < 4.78 is 4.99. The molecule has 0 atom stereocenters. The van der Waals surface area contributed by atoms with E-state index in [1.807, 2.05) is 6.92 Å². The molecule has 1 amide bonds. The maximum absolute atomic E-state index is 11.9. The van der Waals surface area contributed by atoms with Crippen LogP contribution in [0.5, 0.6) is 0 Å². The van der Waals surface area contributed by atoms with Crippen molar-refractivity contribution >= 4 is 28.2 Å². The van der Waals surface area contributed by atoms with Crippen molar-refractivity contribution in [2.24, 2.45) is 0 Å². The molecule has 1 rings (SSSR count). The molecule has 0 fully saturated rings.